The van der Waals surface area contributed by atoms with Gasteiger partial charge in [0.05, 0.1) is 42.6 Å². The zero-order valence-corrected chi connectivity index (χ0v) is 25.3. The van der Waals surface area contributed by atoms with Crippen LogP contribution in [0.3, 0.4) is 0 Å². The molecule has 0 aliphatic rings. The summed E-state index contributed by atoms with van der Waals surface area (Å²) in [5, 5.41) is 10.8. The van der Waals surface area contributed by atoms with Crippen molar-refractivity contribution in [2.75, 3.05) is 19.0 Å². The molecule has 2 aromatic heterocycles. The molecule has 38 heavy (non-hydrogen) atoms. The third-order valence-corrected chi connectivity index (χ3v) is 11.5. The van der Waals surface area contributed by atoms with Crippen LogP contribution in [0.1, 0.15) is 58.6 Å². The Morgan fingerprint density at radius 1 is 1.05 bits per heavy atom. The molecule has 3 rings (SSSR count). The second-order valence-corrected chi connectivity index (χ2v) is 16.9. The molecule has 0 fully saturated rings. The van der Waals surface area contributed by atoms with E-state index in [4.69, 9.17) is 14.3 Å². The average molecular weight is 538 g/mol. The van der Waals surface area contributed by atoms with Gasteiger partial charge in [-0.05, 0) is 48.5 Å². The molecule has 0 atom stereocenters. The van der Waals surface area contributed by atoms with Gasteiger partial charge in [-0.15, -0.1) is 0 Å². The van der Waals surface area contributed by atoms with E-state index < -0.39 is 8.32 Å². The molecule has 0 unspecified atom stereocenters. The lowest BCUT2D eigenvalue weighted by Gasteiger charge is -2.36. The molecular formula is C29H43N5O3Si. The monoisotopic (exact) mass is 537 g/mol. The molecule has 0 aliphatic heterocycles. The van der Waals surface area contributed by atoms with Crippen LogP contribution in [0.5, 0.6) is 5.75 Å². The summed E-state index contributed by atoms with van der Waals surface area (Å²) in [6, 6.07) is 13.2. The molecule has 2 heterocycles. The Kier molecular flexibility index (Phi) is 9.04. The van der Waals surface area contributed by atoms with Gasteiger partial charge in [0, 0.05) is 30.2 Å². The lowest BCUT2D eigenvalue weighted by atomic mass is 9.92. The molecule has 0 saturated carbocycles. The van der Waals surface area contributed by atoms with E-state index in [2.05, 4.69) is 70.3 Å². The van der Waals surface area contributed by atoms with Crippen LogP contribution in [0, 0.1) is 0 Å². The fourth-order valence-electron chi connectivity index (χ4n) is 3.50. The highest BCUT2D eigenvalue weighted by molar-refractivity contribution is 6.74. The number of nitrogens with zero attached hydrogens (tertiary/aromatic N) is 3. The van der Waals surface area contributed by atoms with Crippen LogP contribution < -0.4 is 15.4 Å². The van der Waals surface area contributed by atoms with Crippen LogP contribution in [0.4, 0.5) is 10.5 Å². The summed E-state index contributed by atoms with van der Waals surface area (Å²) in [4.78, 5) is 17.2. The number of pyridine rings is 1. The van der Waals surface area contributed by atoms with Crippen LogP contribution in [0.15, 0.2) is 48.7 Å². The van der Waals surface area contributed by atoms with Crippen molar-refractivity contribution in [2.24, 2.45) is 0 Å². The molecular weight excluding hydrogens is 494 g/mol. The lowest BCUT2D eigenvalue weighted by Crippen LogP contribution is -2.41. The highest BCUT2D eigenvalue weighted by Crippen LogP contribution is 2.36. The average Bonchev–Trinajstić information content (AvgIpc) is 3.28. The molecule has 0 bridgehead atoms. The highest BCUT2D eigenvalue weighted by atomic mass is 28.4. The van der Waals surface area contributed by atoms with E-state index in [9.17, 15) is 4.79 Å². The van der Waals surface area contributed by atoms with Crippen molar-refractivity contribution in [3.63, 3.8) is 0 Å². The number of amides is 2. The zero-order valence-electron chi connectivity index (χ0n) is 24.3. The van der Waals surface area contributed by atoms with Crippen molar-refractivity contribution < 1.29 is 14.0 Å². The second kappa shape index (κ2) is 11.7. The molecule has 0 saturated heterocycles. The van der Waals surface area contributed by atoms with Crippen molar-refractivity contribution >= 4 is 20.0 Å². The molecule has 0 radical (unpaired) electrons. The number of carbonyl (C=O) groups excluding carboxylic acids is 1. The Bertz CT molecular complexity index is 1220. The van der Waals surface area contributed by atoms with Gasteiger partial charge in [-0.1, -0.05) is 47.6 Å². The van der Waals surface area contributed by atoms with E-state index in [1.807, 2.05) is 47.1 Å². The first kappa shape index (κ1) is 29.4. The topological polar surface area (TPSA) is 90.3 Å². The van der Waals surface area contributed by atoms with Gasteiger partial charge in [-0.3, -0.25) is 4.98 Å². The predicted molar refractivity (Wildman–Crippen MR) is 156 cm³/mol. The van der Waals surface area contributed by atoms with E-state index in [1.54, 1.807) is 13.3 Å². The fraction of sp³-hybridized carbons (Fsp3) is 0.483. The van der Waals surface area contributed by atoms with Gasteiger partial charge in [-0.25, -0.2) is 9.48 Å². The van der Waals surface area contributed by atoms with Gasteiger partial charge >= 0.3 is 6.03 Å². The minimum atomic E-state index is -1.77. The number of methoxy groups -OCH3 is 1. The molecule has 206 valence electrons. The van der Waals surface area contributed by atoms with E-state index in [0.29, 0.717) is 18.8 Å². The van der Waals surface area contributed by atoms with Crippen LogP contribution >= 0.6 is 0 Å². The van der Waals surface area contributed by atoms with Crippen molar-refractivity contribution in [1.82, 2.24) is 20.1 Å². The number of nitrogens with one attached hydrogen (secondary N) is 2. The van der Waals surface area contributed by atoms with E-state index >= 15 is 0 Å². The first-order valence-corrected chi connectivity index (χ1v) is 16.0. The predicted octanol–water partition coefficient (Wildman–Crippen LogP) is 6.46. The van der Waals surface area contributed by atoms with Crippen molar-refractivity contribution in [1.29, 1.82) is 0 Å². The number of ether oxygens (including phenoxy) is 1. The molecule has 9 heteroatoms. The number of rotatable bonds is 9. The summed E-state index contributed by atoms with van der Waals surface area (Å²) in [5.41, 5.74) is 4.11. The van der Waals surface area contributed by atoms with Gasteiger partial charge in [0.1, 0.15) is 5.75 Å². The number of carbonyl (C=O) groups is 1. The molecule has 3 aromatic rings. The van der Waals surface area contributed by atoms with E-state index in [1.165, 1.54) is 0 Å². The van der Waals surface area contributed by atoms with E-state index in [-0.39, 0.29) is 16.5 Å². The van der Waals surface area contributed by atoms with Gasteiger partial charge in [0.25, 0.3) is 0 Å². The molecule has 2 N–H and O–H groups in total. The minimum absolute atomic E-state index is 0.135. The zero-order chi connectivity index (χ0) is 28.1. The number of hydrogen-bond donors (Lipinski definition) is 2. The van der Waals surface area contributed by atoms with Crippen LogP contribution in [-0.4, -0.2) is 42.8 Å². The summed E-state index contributed by atoms with van der Waals surface area (Å²) >= 11 is 0. The van der Waals surface area contributed by atoms with Crippen LogP contribution in [-0.2, 0) is 22.8 Å². The molecule has 1 aromatic carbocycles. The Balaban J connectivity index is 1.61. The van der Waals surface area contributed by atoms with Gasteiger partial charge in [0.15, 0.2) is 8.32 Å². The number of aromatic nitrogens is 3. The van der Waals surface area contributed by atoms with Gasteiger partial charge < -0.3 is 19.8 Å². The molecule has 2 amide bonds. The summed E-state index contributed by atoms with van der Waals surface area (Å²) in [6.45, 7) is 18.5. The number of urea groups is 1. The largest absolute Gasteiger partial charge is 0.497 e. The van der Waals surface area contributed by atoms with Crippen LogP contribution in [0.25, 0.3) is 5.69 Å². The summed E-state index contributed by atoms with van der Waals surface area (Å²) < 4.78 is 13.5. The maximum atomic E-state index is 12.7. The SMILES string of the molecule is COc1cccc(-n2nc(C(C)(C)C)cc2CNC(=O)Nc2ccc(CCO[Si](C)(C)C(C)(C)C)nc2)c1. The Hall–Kier alpha value is -3.17. The summed E-state index contributed by atoms with van der Waals surface area (Å²) in [7, 11) is -0.135. The van der Waals surface area contributed by atoms with Gasteiger partial charge in [0.2, 0.25) is 0 Å². The van der Waals surface area contributed by atoms with Gasteiger partial charge in [-0.2, -0.15) is 5.10 Å². The normalized spacial score (nSPS) is 12.3. The van der Waals surface area contributed by atoms with Crippen molar-refractivity contribution in [3.05, 3.63) is 65.7 Å². The first-order valence-electron chi connectivity index (χ1n) is 13.1. The Morgan fingerprint density at radius 3 is 2.39 bits per heavy atom. The van der Waals surface area contributed by atoms with Crippen molar-refractivity contribution in [2.45, 2.75) is 78.1 Å². The minimum Gasteiger partial charge on any atom is -0.497 e. The number of benzene rings is 1. The Labute approximate surface area is 228 Å². The first-order chi connectivity index (χ1) is 17.7. The molecule has 0 spiro atoms. The van der Waals surface area contributed by atoms with Crippen LogP contribution in [0.2, 0.25) is 18.1 Å². The lowest BCUT2D eigenvalue weighted by molar-refractivity contribution is 0.251. The fourth-order valence-corrected chi connectivity index (χ4v) is 4.54. The quantitative estimate of drug-likeness (QED) is 0.306. The maximum Gasteiger partial charge on any atom is 0.319 e. The molecule has 0 aliphatic carbocycles. The summed E-state index contributed by atoms with van der Waals surface area (Å²) in [6.07, 6.45) is 2.42. The second-order valence-electron chi connectivity index (χ2n) is 12.1. The van der Waals surface area contributed by atoms with E-state index in [0.717, 1.165) is 34.9 Å². The smallest absolute Gasteiger partial charge is 0.319 e. The number of hydrogen-bond acceptors (Lipinski definition) is 5. The third kappa shape index (κ3) is 7.67. The maximum absolute atomic E-state index is 12.7. The van der Waals surface area contributed by atoms with Crippen molar-refractivity contribution in [3.8, 4) is 11.4 Å². The number of anilines is 1. The molecule has 8 nitrogen and oxygen atoms in total. The third-order valence-electron chi connectivity index (χ3n) is 6.99. The highest BCUT2D eigenvalue weighted by Gasteiger charge is 2.36. The summed E-state index contributed by atoms with van der Waals surface area (Å²) in [5.74, 6) is 0.745. The Morgan fingerprint density at radius 2 is 1.79 bits per heavy atom. The standard InChI is InChI=1S/C29H43N5O3Si/c1-28(2,3)26-18-24(34(33-26)23-11-10-12-25(17-23)36-7)20-31-27(35)32-22-14-13-21(30-19-22)15-16-37-38(8,9)29(4,5)6/h10-14,17-19H,15-16,20H2,1-9H3,(H2,31,32,35).